The average Bonchev–Trinajstić information content (AvgIpc) is 3.06. The molecule has 2 N–H and O–H groups in total. The van der Waals surface area contributed by atoms with Gasteiger partial charge >= 0.3 is 12.2 Å². The Balaban J connectivity index is 1.71. The lowest BCUT2D eigenvalue weighted by Crippen LogP contribution is -2.28. The first-order chi connectivity index (χ1) is 14.5. The molecule has 7 nitrogen and oxygen atoms in total. The SMILES string of the molecule is Cc1cc(CNC(=O)Nc2cc(Cl)c(F)c(Cl)c2)nnc1-c1cn(C)nc1C(F)(F)F. The van der Waals surface area contributed by atoms with Crippen molar-refractivity contribution in [2.75, 3.05) is 5.32 Å². The normalized spacial score (nSPS) is 11.5. The number of urea groups is 1. The number of alkyl halides is 3. The van der Waals surface area contributed by atoms with E-state index in [1.54, 1.807) is 6.92 Å². The molecule has 0 aliphatic heterocycles. The molecular formula is C18H14Cl2F4N6O. The molecule has 2 aromatic heterocycles. The first-order valence-electron chi connectivity index (χ1n) is 8.59. The zero-order chi connectivity index (χ0) is 22.9. The van der Waals surface area contributed by atoms with Crippen LogP contribution in [0.2, 0.25) is 10.0 Å². The van der Waals surface area contributed by atoms with Gasteiger partial charge in [-0.3, -0.25) is 4.68 Å². The molecule has 3 aromatic rings. The third-order valence-electron chi connectivity index (χ3n) is 4.06. The van der Waals surface area contributed by atoms with Crippen LogP contribution in [0.25, 0.3) is 11.3 Å². The molecule has 0 fully saturated rings. The molecule has 0 bridgehead atoms. The van der Waals surface area contributed by atoms with Crippen LogP contribution in [0.3, 0.4) is 0 Å². The van der Waals surface area contributed by atoms with E-state index in [4.69, 9.17) is 23.2 Å². The van der Waals surface area contributed by atoms with Crippen LogP contribution in [0, 0.1) is 12.7 Å². The Hall–Kier alpha value is -2.92. The van der Waals surface area contributed by atoms with E-state index < -0.39 is 23.7 Å². The van der Waals surface area contributed by atoms with Crippen molar-refractivity contribution < 1.29 is 22.4 Å². The molecule has 2 heterocycles. The number of halogens is 6. The molecule has 0 aliphatic carbocycles. The summed E-state index contributed by atoms with van der Waals surface area (Å²) in [5, 5.41) is 15.6. The number of aromatic nitrogens is 4. The second-order valence-corrected chi connectivity index (χ2v) is 7.31. The molecule has 1 aromatic carbocycles. The van der Waals surface area contributed by atoms with Gasteiger partial charge < -0.3 is 10.6 Å². The van der Waals surface area contributed by atoms with E-state index in [0.717, 1.165) is 4.68 Å². The maximum absolute atomic E-state index is 13.4. The highest BCUT2D eigenvalue weighted by Gasteiger charge is 2.38. The molecular weight excluding hydrogens is 463 g/mol. The number of carbonyl (C=O) groups is 1. The van der Waals surface area contributed by atoms with Gasteiger partial charge in [0.25, 0.3) is 0 Å². The van der Waals surface area contributed by atoms with E-state index >= 15 is 0 Å². The summed E-state index contributed by atoms with van der Waals surface area (Å²) >= 11 is 11.3. The van der Waals surface area contributed by atoms with Gasteiger partial charge in [0.2, 0.25) is 0 Å². The minimum absolute atomic E-state index is 0.0317. The van der Waals surface area contributed by atoms with Crippen LogP contribution in [0.15, 0.2) is 24.4 Å². The molecule has 2 amide bonds. The lowest BCUT2D eigenvalue weighted by molar-refractivity contribution is -0.141. The van der Waals surface area contributed by atoms with Gasteiger partial charge in [0.05, 0.1) is 33.5 Å². The third kappa shape index (κ3) is 5.23. The first-order valence-corrected chi connectivity index (χ1v) is 9.35. The largest absolute Gasteiger partial charge is 0.435 e. The van der Waals surface area contributed by atoms with Crippen molar-refractivity contribution in [3.8, 4) is 11.3 Å². The number of nitrogens with one attached hydrogen (secondary N) is 2. The maximum atomic E-state index is 13.4. The predicted molar refractivity (Wildman–Crippen MR) is 106 cm³/mol. The van der Waals surface area contributed by atoms with Gasteiger partial charge in [0, 0.05) is 18.9 Å². The maximum Gasteiger partial charge on any atom is 0.435 e. The Labute approximate surface area is 183 Å². The van der Waals surface area contributed by atoms with E-state index in [-0.39, 0.29) is 33.5 Å². The van der Waals surface area contributed by atoms with Crippen LogP contribution in [-0.2, 0) is 19.8 Å². The van der Waals surface area contributed by atoms with Crippen molar-refractivity contribution in [1.82, 2.24) is 25.3 Å². The van der Waals surface area contributed by atoms with Gasteiger partial charge in [0.1, 0.15) is 0 Å². The van der Waals surface area contributed by atoms with Crippen molar-refractivity contribution in [2.45, 2.75) is 19.6 Å². The topological polar surface area (TPSA) is 84.7 Å². The van der Waals surface area contributed by atoms with Crippen molar-refractivity contribution in [2.24, 2.45) is 7.05 Å². The highest BCUT2D eigenvalue weighted by molar-refractivity contribution is 6.35. The fraction of sp³-hybridized carbons (Fsp3) is 0.222. The number of carbonyl (C=O) groups excluding carboxylic acids is 1. The minimum Gasteiger partial charge on any atom is -0.332 e. The zero-order valence-electron chi connectivity index (χ0n) is 16.0. The van der Waals surface area contributed by atoms with E-state index in [9.17, 15) is 22.4 Å². The van der Waals surface area contributed by atoms with Crippen molar-refractivity contribution in [3.05, 3.63) is 57.2 Å². The second kappa shape index (κ2) is 8.67. The highest BCUT2D eigenvalue weighted by Crippen LogP contribution is 2.36. The van der Waals surface area contributed by atoms with Gasteiger partial charge in [-0.2, -0.15) is 23.4 Å². The molecule has 0 saturated heterocycles. The molecule has 0 saturated carbocycles. The van der Waals surface area contributed by atoms with Crippen LogP contribution in [0.4, 0.5) is 28.0 Å². The van der Waals surface area contributed by atoms with Crippen molar-refractivity contribution >= 4 is 34.9 Å². The number of aryl methyl sites for hydroxylation is 2. The van der Waals surface area contributed by atoms with Crippen LogP contribution >= 0.6 is 23.2 Å². The zero-order valence-corrected chi connectivity index (χ0v) is 17.5. The molecule has 0 radical (unpaired) electrons. The predicted octanol–water partition coefficient (Wildman–Crippen LogP) is 4.97. The van der Waals surface area contributed by atoms with Crippen LogP contribution in [0.1, 0.15) is 17.0 Å². The molecule has 0 unspecified atom stereocenters. The monoisotopic (exact) mass is 476 g/mol. The number of hydrogen-bond acceptors (Lipinski definition) is 4. The Morgan fingerprint density at radius 1 is 1.16 bits per heavy atom. The summed E-state index contributed by atoms with van der Waals surface area (Å²) in [6.07, 6.45) is -3.43. The highest BCUT2D eigenvalue weighted by atomic mass is 35.5. The molecule has 164 valence electrons. The number of hydrogen-bond donors (Lipinski definition) is 2. The fourth-order valence-electron chi connectivity index (χ4n) is 2.74. The van der Waals surface area contributed by atoms with Gasteiger partial charge in [-0.25, -0.2) is 9.18 Å². The van der Waals surface area contributed by atoms with Crippen molar-refractivity contribution in [1.29, 1.82) is 0 Å². The second-order valence-electron chi connectivity index (χ2n) is 6.49. The molecule has 0 spiro atoms. The quantitative estimate of drug-likeness (QED) is 0.411. The molecule has 13 heteroatoms. The standard InChI is InChI=1S/C18H14Cl2F4N6O/c1-8-3-10(6-25-17(31)26-9-4-12(19)14(21)13(20)5-9)27-28-15(8)11-7-30(2)29-16(11)18(22,23)24/h3-5,7H,6H2,1-2H3,(H2,25,26,31). The van der Waals surface area contributed by atoms with Gasteiger partial charge in [-0.1, -0.05) is 23.2 Å². The van der Waals surface area contributed by atoms with Gasteiger partial charge in [-0.15, -0.1) is 5.10 Å². The van der Waals surface area contributed by atoms with Crippen LogP contribution in [0.5, 0.6) is 0 Å². The Bertz CT molecular complexity index is 1130. The molecule has 0 atom stereocenters. The summed E-state index contributed by atoms with van der Waals surface area (Å²) in [7, 11) is 1.37. The number of amides is 2. The summed E-state index contributed by atoms with van der Waals surface area (Å²) in [6, 6.07) is 3.22. The van der Waals surface area contributed by atoms with E-state index in [2.05, 4.69) is 25.9 Å². The smallest absolute Gasteiger partial charge is 0.332 e. The third-order valence-corrected chi connectivity index (χ3v) is 4.61. The lowest BCUT2D eigenvalue weighted by atomic mass is 10.1. The average molecular weight is 477 g/mol. The van der Waals surface area contributed by atoms with Gasteiger partial charge in [-0.05, 0) is 30.7 Å². The first kappa shape index (κ1) is 22.8. The summed E-state index contributed by atoms with van der Waals surface area (Å²) in [5.74, 6) is -0.803. The Morgan fingerprint density at radius 3 is 2.39 bits per heavy atom. The van der Waals surface area contributed by atoms with E-state index in [1.165, 1.54) is 31.4 Å². The lowest BCUT2D eigenvalue weighted by Gasteiger charge is -2.10. The summed E-state index contributed by atoms with van der Waals surface area (Å²) < 4.78 is 54.1. The summed E-state index contributed by atoms with van der Waals surface area (Å²) in [6.45, 7) is 1.50. The molecule has 0 aliphatic rings. The Kier molecular flexibility index (Phi) is 6.37. The van der Waals surface area contributed by atoms with Crippen LogP contribution in [-0.4, -0.2) is 26.0 Å². The van der Waals surface area contributed by atoms with E-state index in [1.807, 2.05) is 0 Å². The van der Waals surface area contributed by atoms with E-state index in [0.29, 0.717) is 11.3 Å². The van der Waals surface area contributed by atoms with Gasteiger partial charge in [0.15, 0.2) is 11.5 Å². The fourth-order valence-corrected chi connectivity index (χ4v) is 3.22. The molecule has 3 rings (SSSR count). The van der Waals surface area contributed by atoms with Crippen LogP contribution < -0.4 is 10.6 Å². The number of benzene rings is 1. The summed E-state index contributed by atoms with van der Waals surface area (Å²) in [5.41, 5.74) is -0.324. The number of rotatable bonds is 4. The number of nitrogens with zero attached hydrogens (tertiary/aromatic N) is 4. The Morgan fingerprint density at radius 2 is 1.81 bits per heavy atom. The molecule has 31 heavy (non-hydrogen) atoms. The summed E-state index contributed by atoms with van der Waals surface area (Å²) in [4.78, 5) is 12.0. The number of anilines is 1. The van der Waals surface area contributed by atoms with Crippen molar-refractivity contribution in [3.63, 3.8) is 0 Å². The minimum atomic E-state index is -4.64.